The summed E-state index contributed by atoms with van der Waals surface area (Å²) < 4.78 is 0. The number of carbonyl (C=O) groups is 5. The largest absolute Gasteiger partial charge is 0.480 e. The maximum Gasteiger partial charge on any atom is 0.317 e. The highest BCUT2D eigenvalue weighted by Crippen LogP contribution is 2.17. The van der Waals surface area contributed by atoms with Crippen molar-refractivity contribution in [3.05, 3.63) is 39.9 Å². The molecule has 1 saturated heterocycles. The number of aryl methyl sites for hydroxylation is 1. The van der Waals surface area contributed by atoms with Gasteiger partial charge in [0.15, 0.2) is 0 Å². The topological polar surface area (TPSA) is 246 Å². The van der Waals surface area contributed by atoms with Crippen molar-refractivity contribution in [3.63, 3.8) is 0 Å². The number of aliphatic carboxylic acids is 5. The van der Waals surface area contributed by atoms with Crippen LogP contribution in [-0.2, 0) is 30.4 Å². The van der Waals surface area contributed by atoms with Gasteiger partial charge in [-0.05, 0) is 24.8 Å². The second-order valence-corrected chi connectivity index (χ2v) is 11.5. The van der Waals surface area contributed by atoms with E-state index in [9.17, 15) is 59.6 Å². The van der Waals surface area contributed by atoms with Gasteiger partial charge in [0.05, 0.1) is 37.6 Å². The Morgan fingerprint density at radius 3 is 1.68 bits per heavy atom. The molecule has 1 atom stereocenters. The first kappa shape index (κ1) is 39.0. The van der Waals surface area contributed by atoms with E-state index in [1.807, 2.05) is 9.80 Å². The highest BCUT2D eigenvalue weighted by atomic mass is 16.6. The van der Waals surface area contributed by atoms with Gasteiger partial charge in [-0.3, -0.25) is 58.6 Å². The van der Waals surface area contributed by atoms with Crippen molar-refractivity contribution in [2.75, 3.05) is 91.6 Å². The van der Waals surface area contributed by atoms with E-state index in [1.54, 1.807) is 17.0 Å². The Bertz CT molecular complexity index is 1180. The summed E-state index contributed by atoms with van der Waals surface area (Å²) in [4.78, 5) is 76.4. The number of hydrogen-bond donors (Lipinski definition) is 5. The third-order valence-electron chi connectivity index (χ3n) is 7.82. The molecule has 0 aliphatic carbocycles. The highest BCUT2D eigenvalue weighted by molar-refractivity contribution is 5.73. The highest BCUT2D eigenvalue weighted by Gasteiger charge is 2.27. The van der Waals surface area contributed by atoms with E-state index in [0.717, 1.165) is 5.56 Å². The molecule has 18 nitrogen and oxygen atoms in total. The molecule has 1 aliphatic rings. The van der Waals surface area contributed by atoms with Crippen LogP contribution in [0.3, 0.4) is 0 Å². The van der Waals surface area contributed by atoms with Crippen LogP contribution in [0.4, 0.5) is 5.69 Å². The van der Waals surface area contributed by atoms with Crippen LogP contribution in [0, 0.1) is 10.1 Å². The standard InChI is InChI=1S/C29H44N6O12/c36-25(37)17-32-12-9-30(10-15-33(18-26(38)39)19-27(40)41)8-11-31(13-14-32)16-24(34(20-28(42)43)21-29(44)45)3-1-2-22-4-6-23(7-5-22)35(46)47/h4-7,24H,1-3,8-21H2,(H,36,37)(H,38,39)(H,40,41)(H,42,43)(H,44,45). The van der Waals surface area contributed by atoms with Crippen LogP contribution in [-0.4, -0.2) is 182 Å². The lowest BCUT2D eigenvalue weighted by Gasteiger charge is -2.35. The number of nitro groups is 1. The maximum absolute atomic E-state index is 11.7. The Balaban J connectivity index is 2.23. The summed E-state index contributed by atoms with van der Waals surface area (Å²) in [6.07, 6.45) is 1.47. The second kappa shape index (κ2) is 20.1. The Morgan fingerprint density at radius 1 is 0.723 bits per heavy atom. The first-order chi connectivity index (χ1) is 22.2. The smallest absolute Gasteiger partial charge is 0.317 e. The molecule has 1 unspecified atom stereocenters. The van der Waals surface area contributed by atoms with Crippen molar-refractivity contribution >= 4 is 35.5 Å². The van der Waals surface area contributed by atoms with Crippen molar-refractivity contribution in [1.82, 2.24) is 24.5 Å². The zero-order valence-corrected chi connectivity index (χ0v) is 26.2. The molecule has 1 heterocycles. The molecule has 1 aliphatic heterocycles. The Kier molecular flexibility index (Phi) is 16.7. The normalized spacial score (nSPS) is 15.9. The summed E-state index contributed by atoms with van der Waals surface area (Å²) in [5, 5.41) is 57.9. The lowest BCUT2D eigenvalue weighted by molar-refractivity contribution is -0.384. The molecule has 1 fully saturated rings. The fourth-order valence-corrected chi connectivity index (χ4v) is 5.49. The molecule has 18 heteroatoms. The summed E-state index contributed by atoms with van der Waals surface area (Å²) in [5.74, 6) is -5.73. The lowest BCUT2D eigenvalue weighted by Crippen LogP contribution is -2.50. The van der Waals surface area contributed by atoms with Crippen molar-refractivity contribution < 1.29 is 54.4 Å². The molecule has 0 bridgehead atoms. The second-order valence-electron chi connectivity index (χ2n) is 11.5. The average molecular weight is 669 g/mol. The van der Waals surface area contributed by atoms with Crippen molar-refractivity contribution in [3.8, 4) is 0 Å². The van der Waals surface area contributed by atoms with Crippen molar-refractivity contribution in [2.45, 2.75) is 25.3 Å². The summed E-state index contributed by atoms with van der Waals surface area (Å²) in [7, 11) is 0. The van der Waals surface area contributed by atoms with E-state index in [-0.39, 0.29) is 25.3 Å². The van der Waals surface area contributed by atoms with E-state index in [1.165, 1.54) is 21.9 Å². The van der Waals surface area contributed by atoms with E-state index in [4.69, 9.17) is 0 Å². The molecular formula is C29H44N6O12. The first-order valence-electron chi connectivity index (χ1n) is 15.2. The summed E-state index contributed by atoms with van der Waals surface area (Å²) in [6.45, 7) is 1.11. The van der Waals surface area contributed by atoms with Gasteiger partial charge < -0.3 is 25.5 Å². The number of carboxylic acid groups (broad SMARTS) is 5. The molecule has 5 N–H and O–H groups in total. The summed E-state index contributed by atoms with van der Waals surface area (Å²) >= 11 is 0. The van der Waals surface area contributed by atoms with E-state index in [0.29, 0.717) is 65.1 Å². The van der Waals surface area contributed by atoms with Gasteiger partial charge in [-0.2, -0.15) is 0 Å². The number of nitrogens with zero attached hydrogens (tertiary/aromatic N) is 6. The van der Waals surface area contributed by atoms with Gasteiger partial charge >= 0.3 is 29.8 Å². The molecule has 1 aromatic carbocycles. The quantitative estimate of drug-likeness (QED) is 0.0797. The van der Waals surface area contributed by atoms with Crippen LogP contribution in [0.5, 0.6) is 0 Å². The number of non-ortho nitro benzene ring substituents is 1. The number of nitro benzene ring substituents is 1. The Labute approximate surface area is 271 Å². The predicted molar refractivity (Wildman–Crippen MR) is 165 cm³/mol. The van der Waals surface area contributed by atoms with Gasteiger partial charge in [-0.25, -0.2) is 0 Å². The Morgan fingerprint density at radius 2 is 1.21 bits per heavy atom. The van der Waals surface area contributed by atoms with Gasteiger partial charge in [0.1, 0.15) is 0 Å². The maximum atomic E-state index is 11.7. The third-order valence-corrected chi connectivity index (χ3v) is 7.82. The lowest BCUT2D eigenvalue weighted by atomic mass is 10.0. The fourth-order valence-electron chi connectivity index (χ4n) is 5.49. The minimum absolute atomic E-state index is 0.0452. The average Bonchev–Trinajstić information content (AvgIpc) is 3.05. The van der Waals surface area contributed by atoms with Crippen LogP contribution in [0.1, 0.15) is 18.4 Å². The first-order valence-corrected chi connectivity index (χ1v) is 15.2. The van der Waals surface area contributed by atoms with E-state index in [2.05, 4.69) is 0 Å². The molecule has 0 amide bonds. The van der Waals surface area contributed by atoms with Crippen LogP contribution < -0.4 is 0 Å². The fraction of sp³-hybridized carbons (Fsp3) is 0.621. The van der Waals surface area contributed by atoms with E-state index < -0.39 is 67.0 Å². The van der Waals surface area contributed by atoms with Gasteiger partial charge in [0.25, 0.3) is 5.69 Å². The number of rotatable bonds is 21. The van der Waals surface area contributed by atoms with Gasteiger partial charge in [-0.15, -0.1) is 0 Å². The van der Waals surface area contributed by atoms with E-state index >= 15 is 0 Å². The molecule has 262 valence electrons. The van der Waals surface area contributed by atoms with Crippen molar-refractivity contribution in [1.29, 1.82) is 0 Å². The molecule has 2 rings (SSSR count). The van der Waals surface area contributed by atoms with Crippen LogP contribution in [0.25, 0.3) is 0 Å². The Hall–Kier alpha value is -4.23. The monoisotopic (exact) mass is 668 g/mol. The molecule has 0 aromatic heterocycles. The van der Waals surface area contributed by atoms with Gasteiger partial charge in [0, 0.05) is 77.1 Å². The minimum Gasteiger partial charge on any atom is -0.480 e. The molecule has 1 aromatic rings. The molecule has 0 spiro atoms. The summed E-state index contributed by atoms with van der Waals surface area (Å²) in [5.41, 5.74) is 0.788. The van der Waals surface area contributed by atoms with Crippen LogP contribution in [0.15, 0.2) is 24.3 Å². The number of hydrogen-bond acceptors (Lipinski definition) is 12. The van der Waals surface area contributed by atoms with Crippen LogP contribution >= 0.6 is 0 Å². The number of carboxylic acids is 5. The molecular weight excluding hydrogens is 624 g/mol. The SMILES string of the molecule is O=C(O)CN1CCN(CCN(CC(=O)O)CC(=O)O)CCN(CC(CCCc2ccc([N+](=O)[O-])cc2)N(CC(=O)O)CC(=O)O)CC1. The van der Waals surface area contributed by atoms with Crippen LogP contribution in [0.2, 0.25) is 0 Å². The summed E-state index contributed by atoms with van der Waals surface area (Å²) in [6, 6.07) is 5.56. The zero-order chi connectivity index (χ0) is 34.9. The number of benzene rings is 1. The molecule has 0 radical (unpaired) electrons. The predicted octanol–water partition coefficient (Wildman–Crippen LogP) is -0.767. The van der Waals surface area contributed by atoms with Gasteiger partial charge in [-0.1, -0.05) is 12.1 Å². The van der Waals surface area contributed by atoms with Crippen molar-refractivity contribution in [2.24, 2.45) is 0 Å². The zero-order valence-electron chi connectivity index (χ0n) is 26.2. The third kappa shape index (κ3) is 16.2. The molecule has 47 heavy (non-hydrogen) atoms. The molecule has 0 saturated carbocycles. The minimum atomic E-state index is -1.19. The van der Waals surface area contributed by atoms with Gasteiger partial charge in [0.2, 0.25) is 0 Å².